The van der Waals surface area contributed by atoms with E-state index in [1.54, 1.807) is 12.1 Å². The molecular weight excluding hydrogens is 214 g/mol. The minimum absolute atomic E-state index is 0.172. The molecule has 0 heterocycles. The second-order valence-corrected chi connectivity index (χ2v) is 3.98. The summed E-state index contributed by atoms with van der Waals surface area (Å²) >= 11 is 0. The van der Waals surface area contributed by atoms with Crippen LogP contribution in [0.25, 0.3) is 0 Å². The van der Waals surface area contributed by atoms with Gasteiger partial charge in [-0.1, -0.05) is 0 Å². The summed E-state index contributed by atoms with van der Waals surface area (Å²) in [5, 5.41) is 3.27. The molecule has 3 nitrogen and oxygen atoms in total. The number of anilines is 1. The Bertz CT molecular complexity index is 336. The highest BCUT2D eigenvalue weighted by molar-refractivity contribution is 5.47. The molecule has 1 saturated carbocycles. The van der Waals surface area contributed by atoms with Gasteiger partial charge in [0, 0.05) is 17.8 Å². The second kappa shape index (κ2) is 4.65. The van der Waals surface area contributed by atoms with Crippen molar-refractivity contribution in [3.8, 4) is 5.75 Å². The summed E-state index contributed by atoms with van der Waals surface area (Å²) in [6.45, 7) is -2.77. The topological polar surface area (TPSA) is 47.3 Å². The predicted molar refractivity (Wildman–Crippen MR) is 57.7 cm³/mol. The van der Waals surface area contributed by atoms with Crippen molar-refractivity contribution < 1.29 is 13.5 Å². The highest BCUT2D eigenvalue weighted by Gasteiger charge is 2.25. The Morgan fingerprint density at radius 3 is 2.38 bits per heavy atom. The molecule has 1 aliphatic carbocycles. The van der Waals surface area contributed by atoms with Gasteiger partial charge in [-0.2, -0.15) is 8.78 Å². The zero-order valence-electron chi connectivity index (χ0n) is 8.70. The van der Waals surface area contributed by atoms with Gasteiger partial charge >= 0.3 is 6.61 Å². The first-order valence-corrected chi connectivity index (χ1v) is 5.20. The van der Waals surface area contributed by atoms with Crippen LogP contribution in [-0.2, 0) is 0 Å². The number of nitrogens with one attached hydrogen (secondary N) is 1. The molecule has 0 spiro atoms. The van der Waals surface area contributed by atoms with Crippen molar-refractivity contribution in [2.75, 3.05) is 5.32 Å². The Morgan fingerprint density at radius 2 is 1.88 bits per heavy atom. The van der Waals surface area contributed by atoms with E-state index in [1.807, 2.05) is 0 Å². The molecule has 88 valence electrons. The summed E-state index contributed by atoms with van der Waals surface area (Å²) in [4.78, 5) is 0. The van der Waals surface area contributed by atoms with Gasteiger partial charge in [0.15, 0.2) is 0 Å². The van der Waals surface area contributed by atoms with Gasteiger partial charge in [0.05, 0.1) is 0 Å². The number of alkyl halides is 2. The van der Waals surface area contributed by atoms with E-state index in [1.165, 1.54) is 12.1 Å². The zero-order chi connectivity index (χ0) is 11.5. The maximum Gasteiger partial charge on any atom is 0.387 e. The van der Waals surface area contributed by atoms with E-state index in [0.717, 1.165) is 18.5 Å². The van der Waals surface area contributed by atoms with Gasteiger partial charge in [-0.3, -0.25) is 0 Å². The van der Waals surface area contributed by atoms with E-state index < -0.39 is 6.61 Å². The van der Waals surface area contributed by atoms with Gasteiger partial charge in [-0.05, 0) is 37.1 Å². The maximum absolute atomic E-state index is 11.9. The molecule has 5 heteroatoms. The van der Waals surface area contributed by atoms with Crippen molar-refractivity contribution in [1.29, 1.82) is 0 Å². The monoisotopic (exact) mass is 228 g/mol. The average Bonchev–Trinajstić information content (AvgIpc) is 2.18. The molecule has 0 saturated heterocycles. The summed E-state index contributed by atoms with van der Waals surface area (Å²) in [6, 6.07) is 7.18. The summed E-state index contributed by atoms with van der Waals surface area (Å²) in [6.07, 6.45) is 1.91. The molecule has 16 heavy (non-hydrogen) atoms. The fourth-order valence-corrected chi connectivity index (χ4v) is 1.75. The summed E-state index contributed by atoms with van der Waals surface area (Å²) in [5.74, 6) is 0.172. The predicted octanol–water partition coefficient (Wildman–Crippen LogP) is 2.19. The van der Waals surface area contributed by atoms with Crippen molar-refractivity contribution in [1.82, 2.24) is 0 Å². The first-order valence-electron chi connectivity index (χ1n) is 5.20. The molecule has 1 aromatic rings. The van der Waals surface area contributed by atoms with Crippen molar-refractivity contribution in [3.63, 3.8) is 0 Å². The van der Waals surface area contributed by atoms with Crippen LogP contribution < -0.4 is 15.8 Å². The zero-order valence-corrected chi connectivity index (χ0v) is 8.70. The Kier molecular flexibility index (Phi) is 3.24. The number of ether oxygens (including phenoxy) is 1. The standard InChI is InChI=1S/C11H14F2N2O/c12-11(13)16-10-3-1-8(2-4-10)15-9-5-7(14)6-9/h1-4,7,9,11,15H,5-6,14H2. The van der Waals surface area contributed by atoms with Crippen LogP contribution in [0.4, 0.5) is 14.5 Å². The van der Waals surface area contributed by atoms with Gasteiger partial charge in [0.1, 0.15) is 5.75 Å². The smallest absolute Gasteiger partial charge is 0.387 e. The van der Waals surface area contributed by atoms with E-state index in [-0.39, 0.29) is 5.75 Å². The third-order valence-electron chi connectivity index (χ3n) is 2.62. The lowest BCUT2D eigenvalue weighted by Gasteiger charge is -2.33. The fraction of sp³-hybridized carbons (Fsp3) is 0.455. The van der Waals surface area contributed by atoms with Crippen LogP contribution in [0.1, 0.15) is 12.8 Å². The van der Waals surface area contributed by atoms with Gasteiger partial charge in [-0.25, -0.2) is 0 Å². The minimum Gasteiger partial charge on any atom is -0.435 e. The second-order valence-electron chi connectivity index (χ2n) is 3.98. The number of halogens is 2. The Hall–Kier alpha value is -1.36. The van der Waals surface area contributed by atoms with E-state index in [0.29, 0.717) is 12.1 Å². The van der Waals surface area contributed by atoms with Crippen LogP contribution in [0.3, 0.4) is 0 Å². The Morgan fingerprint density at radius 1 is 1.25 bits per heavy atom. The molecule has 0 aliphatic heterocycles. The fourth-order valence-electron chi connectivity index (χ4n) is 1.75. The van der Waals surface area contributed by atoms with Gasteiger partial charge in [0.2, 0.25) is 0 Å². The van der Waals surface area contributed by atoms with Gasteiger partial charge in [0.25, 0.3) is 0 Å². The number of hydrogen-bond donors (Lipinski definition) is 2. The summed E-state index contributed by atoms with van der Waals surface area (Å²) < 4.78 is 28.0. The van der Waals surface area contributed by atoms with E-state index in [2.05, 4.69) is 10.1 Å². The molecule has 1 aliphatic rings. The molecule has 0 amide bonds. The molecule has 1 aromatic carbocycles. The molecule has 0 aromatic heterocycles. The normalized spacial score (nSPS) is 24.0. The third-order valence-corrected chi connectivity index (χ3v) is 2.62. The highest BCUT2D eigenvalue weighted by atomic mass is 19.3. The molecule has 0 bridgehead atoms. The van der Waals surface area contributed by atoms with E-state index >= 15 is 0 Å². The SMILES string of the molecule is NC1CC(Nc2ccc(OC(F)F)cc2)C1. The molecule has 0 atom stereocenters. The number of hydrogen-bond acceptors (Lipinski definition) is 3. The molecule has 0 unspecified atom stereocenters. The highest BCUT2D eigenvalue weighted by Crippen LogP contribution is 2.24. The number of rotatable bonds is 4. The molecule has 2 rings (SSSR count). The molecule has 1 fully saturated rings. The largest absolute Gasteiger partial charge is 0.435 e. The van der Waals surface area contributed by atoms with Crippen molar-refractivity contribution in [2.45, 2.75) is 31.5 Å². The van der Waals surface area contributed by atoms with Crippen LogP contribution in [-0.4, -0.2) is 18.7 Å². The molecule has 3 N–H and O–H groups in total. The van der Waals surface area contributed by atoms with Gasteiger partial charge in [-0.15, -0.1) is 0 Å². The Labute approximate surface area is 92.6 Å². The van der Waals surface area contributed by atoms with Crippen LogP contribution in [0, 0.1) is 0 Å². The summed E-state index contributed by atoms with van der Waals surface area (Å²) in [7, 11) is 0. The first-order chi connectivity index (χ1) is 7.63. The minimum atomic E-state index is -2.77. The van der Waals surface area contributed by atoms with Crippen molar-refractivity contribution in [3.05, 3.63) is 24.3 Å². The van der Waals surface area contributed by atoms with Crippen molar-refractivity contribution in [2.24, 2.45) is 5.73 Å². The molecule has 0 radical (unpaired) electrons. The van der Waals surface area contributed by atoms with E-state index in [9.17, 15) is 8.78 Å². The first kappa shape index (κ1) is 11.1. The average molecular weight is 228 g/mol. The van der Waals surface area contributed by atoms with Crippen LogP contribution >= 0.6 is 0 Å². The quantitative estimate of drug-likeness (QED) is 0.830. The number of nitrogens with two attached hydrogens (primary N) is 1. The Balaban J connectivity index is 1.87. The van der Waals surface area contributed by atoms with Crippen LogP contribution in [0.5, 0.6) is 5.75 Å². The molecular formula is C11H14F2N2O. The van der Waals surface area contributed by atoms with E-state index in [4.69, 9.17) is 5.73 Å². The van der Waals surface area contributed by atoms with Crippen molar-refractivity contribution >= 4 is 5.69 Å². The summed E-state index contributed by atoms with van der Waals surface area (Å²) in [5.41, 5.74) is 6.56. The van der Waals surface area contributed by atoms with Gasteiger partial charge < -0.3 is 15.8 Å². The lowest BCUT2D eigenvalue weighted by atomic mass is 9.87. The van der Waals surface area contributed by atoms with Crippen LogP contribution in [0.2, 0.25) is 0 Å². The van der Waals surface area contributed by atoms with Crippen LogP contribution in [0.15, 0.2) is 24.3 Å². The lowest BCUT2D eigenvalue weighted by molar-refractivity contribution is -0.0498. The lowest BCUT2D eigenvalue weighted by Crippen LogP contribution is -2.44. The number of benzene rings is 1. The maximum atomic E-state index is 11.9. The third kappa shape index (κ3) is 2.82.